The largest absolute Gasteiger partial charge is 0.391 e. The lowest BCUT2D eigenvalue weighted by Gasteiger charge is -2.23. The summed E-state index contributed by atoms with van der Waals surface area (Å²) in [5.41, 5.74) is 1.49. The number of pyridine rings is 1. The molecule has 0 radical (unpaired) electrons. The molecule has 0 bridgehead atoms. The van der Waals surface area contributed by atoms with E-state index < -0.39 is 0 Å². The van der Waals surface area contributed by atoms with Gasteiger partial charge in [0.15, 0.2) is 0 Å². The second-order valence-corrected chi connectivity index (χ2v) is 4.92. The highest BCUT2D eigenvalue weighted by atomic mass is 16.3. The number of nitriles is 1. The number of aryl methyl sites for hydroxylation is 1. The molecule has 1 aromatic heterocycles. The molecule has 0 aromatic carbocycles. The predicted octanol–water partition coefficient (Wildman–Crippen LogP) is 2.37. The molecule has 1 saturated carbocycles. The van der Waals surface area contributed by atoms with Crippen LogP contribution in [0, 0.1) is 18.3 Å². The Hall–Kier alpha value is -1.60. The molecule has 96 valence electrons. The Labute approximate surface area is 108 Å². The van der Waals surface area contributed by atoms with E-state index in [0.717, 1.165) is 31.2 Å². The molecule has 1 aliphatic carbocycles. The van der Waals surface area contributed by atoms with Crippen LogP contribution in [0.1, 0.15) is 43.2 Å². The van der Waals surface area contributed by atoms with E-state index in [1.165, 1.54) is 6.42 Å². The third kappa shape index (κ3) is 2.80. The number of aromatic nitrogens is 1. The number of aliphatic hydroxyl groups is 1. The Morgan fingerprint density at radius 1 is 1.39 bits per heavy atom. The van der Waals surface area contributed by atoms with Crippen LogP contribution < -0.4 is 5.32 Å². The summed E-state index contributed by atoms with van der Waals surface area (Å²) in [6.07, 6.45) is 6.46. The van der Waals surface area contributed by atoms with Gasteiger partial charge in [-0.3, -0.25) is 0 Å². The lowest BCUT2D eigenvalue weighted by atomic mass is 10.1. The SMILES string of the molecule is Cc1ccnc(NC2CCCCCC2O)c1C#N. The normalized spacial score (nSPS) is 24.1. The minimum Gasteiger partial charge on any atom is -0.391 e. The average molecular weight is 245 g/mol. The second kappa shape index (κ2) is 5.83. The maximum absolute atomic E-state index is 10.1. The number of anilines is 1. The quantitative estimate of drug-likeness (QED) is 0.785. The van der Waals surface area contributed by atoms with Crippen molar-refractivity contribution in [3.63, 3.8) is 0 Å². The number of nitrogens with one attached hydrogen (secondary N) is 1. The van der Waals surface area contributed by atoms with Gasteiger partial charge in [-0.05, 0) is 31.4 Å². The Kier molecular flexibility index (Phi) is 4.16. The van der Waals surface area contributed by atoms with Gasteiger partial charge in [0.05, 0.1) is 17.7 Å². The zero-order valence-corrected chi connectivity index (χ0v) is 10.7. The van der Waals surface area contributed by atoms with Crippen molar-refractivity contribution >= 4 is 5.82 Å². The molecule has 2 unspecified atom stereocenters. The van der Waals surface area contributed by atoms with Crippen molar-refractivity contribution in [1.82, 2.24) is 4.98 Å². The molecule has 1 aliphatic rings. The standard InChI is InChI=1S/C14H19N3O/c1-10-7-8-16-14(11(10)9-15)17-12-5-3-2-4-6-13(12)18/h7-8,12-13,18H,2-6H2,1H3,(H,16,17). The van der Waals surface area contributed by atoms with E-state index in [2.05, 4.69) is 16.4 Å². The molecule has 4 nitrogen and oxygen atoms in total. The Morgan fingerprint density at radius 2 is 2.17 bits per heavy atom. The molecule has 0 saturated heterocycles. The lowest BCUT2D eigenvalue weighted by molar-refractivity contribution is 0.144. The van der Waals surface area contributed by atoms with Crippen molar-refractivity contribution in [2.45, 2.75) is 51.2 Å². The first-order valence-electron chi connectivity index (χ1n) is 6.52. The van der Waals surface area contributed by atoms with Gasteiger partial charge in [0, 0.05) is 6.20 Å². The van der Waals surface area contributed by atoms with Crippen LogP contribution in [0.4, 0.5) is 5.82 Å². The Bertz CT molecular complexity index is 453. The van der Waals surface area contributed by atoms with Crippen LogP contribution in [0.15, 0.2) is 12.3 Å². The van der Waals surface area contributed by atoms with Crippen LogP contribution in [0.3, 0.4) is 0 Å². The molecule has 2 N–H and O–H groups in total. The lowest BCUT2D eigenvalue weighted by Crippen LogP contribution is -2.33. The number of hydrogen-bond acceptors (Lipinski definition) is 4. The fourth-order valence-electron chi connectivity index (χ4n) is 2.44. The third-order valence-electron chi connectivity index (χ3n) is 3.57. The van der Waals surface area contributed by atoms with Gasteiger partial charge >= 0.3 is 0 Å². The van der Waals surface area contributed by atoms with E-state index in [1.807, 2.05) is 13.0 Å². The zero-order valence-electron chi connectivity index (χ0n) is 10.7. The molecule has 4 heteroatoms. The summed E-state index contributed by atoms with van der Waals surface area (Å²) in [6.45, 7) is 1.90. The fourth-order valence-corrected chi connectivity index (χ4v) is 2.44. The van der Waals surface area contributed by atoms with Gasteiger partial charge in [-0.15, -0.1) is 0 Å². The zero-order chi connectivity index (χ0) is 13.0. The number of hydrogen-bond donors (Lipinski definition) is 2. The highest BCUT2D eigenvalue weighted by Gasteiger charge is 2.22. The molecule has 18 heavy (non-hydrogen) atoms. The Balaban J connectivity index is 2.18. The minimum atomic E-state index is -0.346. The minimum absolute atomic E-state index is 0.00824. The first-order valence-corrected chi connectivity index (χ1v) is 6.52. The molecule has 0 spiro atoms. The highest BCUT2D eigenvalue weighted by molar-refractivity contribution is 5.55. The van der Waals surface area contributed by atoms with Crippen LogP contribution in [0.25, 0.3) is 0 Å². The summed E-state index contributed by atoms with van der Waals surface area (Å²) in [5.74, 6) is 0.600. The monoisotopic (exact) mass is 245 g/mol. The topological polar surface area (TPSA) is 68.9 Å². The molecule has 1 heterocycles. The predicted molar refractivity (Wildman–Crippen MR) is 70.2 cm³/mol. The van der Waals surface area contributed by atoms with Crippen molar-refractivity contribution in [3.05, 3.63) is 23.4 Å². The van der Waals surface area contributed by atoms with Crippen molar-refractivity contribution in [2.75, 3.05) is 5.32 Å². The maximum Gasteiger partial charge on any atom is 0.144 e. The highest BCUT2D eigenvalue weighted by Crippen LogP contribution is 2.23. The van der Waals surface area contributed by atoms with Gasteiger partial charge in [-0.2, -0.15) is 5.26 Å². The van der Waals surface area contributed by atoms with Crippen molar-refractivity contribution in [3.8, 4) is 6.07 Å². The molecule has 0 amide bonds. The molecular formula is C14H19N3O. The fraction of sp³-hybridized carbons (Fsp3) is 0.571. The van der Waals surface area contributed by atoms with E-state index >= 15 is 0 Å². The summed E-state index contributed by atoms with van der Waals surface area (Å²) in [7, 11) is 0. The summed E-state index contributed by atoms with van der Waals surface area (Å²) in [4.78, 5) is 4.22. The molecule has 1 fully saturated rings. The van der Waals surface area contributed by atoms with E-state index in [-0.39, 0.29) is 12.1 Å². The molecule has 2 atom stereocenters. The molecule has 1 aromatic rings. The van der Waals surface area contributed by atoms with Crippen molar-refractivity contribution in [1.29, 1.82) is 5.26 Å². The summed E-state index contributed by atoms with van der Waals surface area (Å²) in [6, 6.07) is 4.01. The molecule has 0 aliphatic heterocycles. The van der Waals surface area contributed by atoms with Gasteiger partial charge in [0.25, 0.3) is 0 Å². The maximum atomic E-state index is 10.1. The van der Waals surface area contributed by atoms with E-state index in [4.69, 9.17) is 5.26 Å². The number of rotatable bonds is 2. The van der Waals surface area contributed by atoms with Crippen LogP contribution >= 0.6 is 0 Å². The van der Waals surface area contributed by atoms with E-state index in [1.54, 1.807) is 6.20 Å². The van der Waals surface area contributed by atoms with Crippen LogP contribution in [0.2, 0.25) is 0 Å². The first kappa shape index (κ1) is 12.8. The Morgan fingerprint density at radius 3 is 2.94 bits per heavy atom. The van der Waals surface area contributed by atoms with Gasteiger partial charge in [0.1, 0.15) is 11.9 Å². The summed E-state index contributed by atoms with van der Waals surface area (Å²) < 4.78 is 0. The van der Waals surface area contributed by atoms with E-state index in [0.29, 0.717) is 11.4 Å². The smallest absolute Gasteiger partial charge is 0.144 e. The van der Waals surface area contributed by atoms with Crippen LogP contribution in [-0.2, 0) is 0 Å². The van der Waals surface area contributed by atoms with Gasteiger partial charge in [0.2, 0.25) is 0 Å². The van der Waals surface area contributed by atoms with Crippen molar-refractivity contribution < 1.29 is 5.11 Å². The summed E-state index contributed by atoms with van der Waals surface area (Å²) >= 11 is 0. The first-order chi connectivity index (χ1) is 8.72. The van der Waals surface area contributed by atoms with Crippen LogP contribution in [-0.4, -0.2) is 22.2 Å². The van der Waals surface area contributed by atoms with Gasteiger partial charge < -0.3 is 10.4 Å². The molecule has 2 rings (SSSR count). The van der Waals surface area contributed by atoms with Crippen molar-refractivity contribution in [2.24, 2.45) is 0 Å². The third-order valence-corrected chi connectivity index (χ3v) is 3.57. The average Bonchev–Trinajstić information content (AvgIpc) is 2.55. The van der Waals surface area contributed by atoms with Gasteiger partial charge in [-0.1, -0.05) is 19.3 Å². The number of nitrogens with zero attached hydrogens (tertiary/aromatic N) is 2. The summed E-state index contributed by atoms with van der Waals surface area (Å²) in [5, 5.41) is 22.5. The number of aliphatic hydroxyl groups excluding tert-OH is 1. The van der Waals surface area contributed by atoms with Gasteiger partial charge in [-0.25, -0.2) is 4.98 Å². The molecular weight excluding hydrogens is 226 g/mol. The van der Waals surface area contributed by atoms with E-state index in [9.17, 15) is 5.11 Å². The van der Waals surface area contributed by atoms with Crippen LogP contribution in [0.5, 0.6) is 0 Å². The second-order valence-electron chi connectivity index (χ2n) is 4.92.